The Hall–Kier alpha value is -1.74. The van der Waals surface area contributed by atoms with E-state index in [0.717, 1.165) is 0 Å². The molecule has 1 aliphatic rings. The van der Waals surface area contributed by atoms with Crippen molar-refractivity contribution in [1.82, 2.24) is 5.32 Å². The first-order valence-electron chi connectivity index (χ1n) is 6.14. The van der Waals surface area contributed by atoms with Crippen LogP contribution >= 0.6 is 0 Å². The van der Waals surface area contributed by atoms with Gasteiger partial charge < -0.3 is 10.1 Å². The highest BCUT2D eigenvalue weighted by Crippen LogP contribution is 2.35. The van der Waals surface area contributed by atoms with E-state index < -0.39 is 34.8 Å². The standard InChI is InChI=1S/C12H14F2N2O4S/c13-11(14)6-16-12(17)8-3-4-20-10-2-1-7(5-9(8)10)21(15,18)19/h1-2,5,8,11H,3-4,6H2,(H,16,17)(H2,15,18,19). The predicted octanol–water partition coefficient (Wildman–Crippen LogP) is 0.581. The Kier molecular flexibility index (Phi) is 4.43. The smallest absolute Gasteiger partial charge is 0.255 e. The highest BCUT2D eigenvalue weighted by molar-refractivity contribution is 7.89. The fraction of sp³-hybridized carbons (Fsp3) is 0.417. The van der Waals surface area contributed by atoms with Gasteiger partial charge in [-0.05, 0) is 24.6 Å². The van der Waals surface area contributed by atoms with E-state index >= 15 is 0 Å². The third-order valence-electron chi connectivity index (χ3n) is 3.10. The summed E-state index contributed by atoms with van der Waals surface area (Å²) in [6, 6.07) is 3.92. The number of fused-ring (bicyclic) bond motifs is 1. The van der Waals surface area contributed by atoms with Gasteiger partial charge in [0, 0.05) is 5.56 Å². The monoisotopic (exact) mass is 320 g/mol. The average molecular weight is 320 g/mol. The lowest BCUT2D eigenvalue weighted by Crippen LogP contribution is -2.35. The Labute approximate surface area is 120 Å². The molecule has 1 aliphatic heterocycles. The highest BCUT2D eigenvalue weighted by atomic mass is 32.2. The van der Waals surface area contributed by atoms with Crippen molar-refractivity contribution in [2.75, 3.05) is 13.2 Å². The summed E-state index contributed by atoms with van der Waals surface area (Å²) in [6.07, 6.45) is -2.38. The fourth-order valence-corrected chi connectivity index (χ4v) is 2.67. The summed E-state index contributed by atoms with van der Waals surface area (Å²) in [5.41, 5.74) is 0.333. The maximum atomic E-state index is 12.1. The number of nitrogens with two attached hydrogens (primary N) is 1. The number of halogens is 2. The van der Waals surface area contributed by atoms with Crippen molar-refractivity contribution in [3.05, 3.63) is 23.8 Å². The molecule has 21 heavy (non-hydrogen) atoms. The van der Waals surface area contributed by atoms with Gasteiger partial charge in [0.15, 0.2) is 0 Å². The van der Waals surface area contributed by atoms with Crippen LogP contribution in [0, 0.1) is 0 Å². The number of benzene rings is 1. The SMILES string of the molecule is NS(=O)(=O)c1ccc2c(c1)C(C(=O)NCC(F)F)CCO2. The van der Waals surface area contributed by atoms with E-state index in [1.54, 1.807) is 0 Å². The van der Waals surface area contributed by atoms with Gasteiger partial charge >= 0.3 is 0 Å². The molecule has 1 heterocycles. The van der Waals surface area contributed by atoms with Crippen molar-refractivity contribution in [3.8, 4) is 5.75 Å². The van der Waals surface area contributed by atoms with Gasteiger partial charge in [-0.25, -0.2) is 22.3 Å². The van der Waals surface area contributed by atoms with E-state index in [9.17, 15) is 22.0 Å². The molecule has 0 saturated carbocycles. The van der Waals surface area contributed by atoms with Crippen LogP contribution in [0.5, 0.6) is 5.75 Å². The van der Waals surface area contributed by atoms with Crippen LogP contribution in [0.1, 0.15) is 17.9 Å². The van der Waals surface area contributed by atoms with Crippen LogP contribution in [-0.2, 0) is 14.8 Å². The van der Waals surface area contributed by atoms with E-state index in [1.807, 2.05) is 0 Å². The zero-order valence-corrected chi connectivity index (χ0v) is 11.7. The van der Waals surface area contributed by atoms with Crippen molar-refractivity contribution in [1.29, 1.82) is 0 Å². The van der Waals surface area contributed by atoms with Gasteiger partial charge in [0.05, 0.1) is 24.0 Å². The number of rotatable bonds is 4. The van der Waals surface area contributed by atoms with Gasteiger partial charge in [0.2, 0.25) is 15.9 Å². The Morgan fingerprint density at radius 1 is 1.48 bits per heavy atom. The first kappa shape index (κ1) is 15.6. The van der Waals surface area contributed by atoms with E-state index in [1.165, 1.54) is 18.2 Å². The summed E-state index contributed by atoms with van der Waals surface area (Å²) >= 11 is 0. The molecule has 6 nitrogen and oxygen atoms in total. The second-order valence-electron chi connectivity index (χ2n) is 4.57. The Bertz CT molecular complexity index is 649. The lowest BCUT2D eigenvalue weighted by molar-refractivity contribution is -0.123. The van der Waals surface area contributed by atoms with Crippen molar-refractivity contribution in [3.63, 3.8) is 0 Å². The molecule has 0 bridgehead atoms. The highest BCUT2D eigenvalue weighted by Gasteiger charge is 2.29. The zero-order chi connectivity index (χ0) is 15.6. The number of amides is 1. The number of hydrogen-bond acceptors (Lipinski definition) is 4. The van der Waals surface area contributed by atoms with Crippen LogP contribution in [-0.4, -0.2) is 33.9 Å². The number of nitrogens with one attached hydrogen (secondary N) is 1. The molecule has 1 unspecified atom stereocenters. The molecule has 0 saturated heterocycles. The van der Waals surface area contributed by atoms with Crippen LogP contribution in [0.15, 0.2) is 23.1 Å². The molecule has 0 spiro atoms. The number of sulfonamides is 1. The average Bonchev–Trinajstić information content (AvgIpc) is 2.42. The third kappa shape index (κ3) is 3.67. The number of carbonyl (C=O) groups excluding carboxylic acids is 1. The van der Waals surface area contributed by atoms with Gasteiger partial charge in [0.25, 0.3) is 6.43 Å². The quantitative estimate of drug-likeness (QED) is 0.848. The maximum absolute atomic E-state index is 12.1. The molecule has 0 radical (unpaired) electrons. The molecular formula is C12H14F2N2O4S. The summed E-state index contributed by atoms with van der Waals surface area (Å²) in [5.74, 6) is -0.980. The lowest BCUT2D eigenvalue weighted by Gasteiger charge is -2.25. The number of ether oxygens (including phenoxy) is 1. The molecule has 2 rings (SSSR count). The van der Waals surface area contributed by atoms with Crippen LogP contribution in [0.2, 0.25) is 0 Å². The molecule has 0 aliphatic carbocycles. The number of alkyl halides is 2. The van der Waals surface area contributed by atoms with Crippen molar-refractivity contribution in [2.45, 2.75) is 23.7 Å². The molecule has 1 aromatic carbocycles. The van der Waals surface area contributed by atoms with Gasteiger partial charge in [-0.2, -0.15) is 0 Å². The molecular weight excluding hydrogens is 306 g/mol. The lowest BCUT2D eigenvalue weighted by atomic mass is 9.92. The maximum Gasteiger partial charge on any atom is 0.255 e. The topological polar surface area (TPSA) is 98.5 Å². The van der Waals surface area contributed by atoms with Crippen molar-refractivity contribution < 1.29 is 26.7 Å². The van der Waals surface area contributed by atoms with E-state index in [4.69, 9.17) is 9.88 Å². The number of hydrogen-bond donors (Lipinski definition) is 2. The third-order valence-corrected chi connectivity index (χ3v) is 4.01. The summed E-state index contributed by atoms with van der Waals surface area (Å²) in [4.78, 5) is 11.8. The zero-order valence-electron chi connectivity index (χ0n) is 10.9. The first-order valence-corrected chi connectivity index (χ1v) is 7.69. The van der Waals surface area contributed by atoms with E-state index in [2.05, 4.69) is 5.32 Å². The van der Waals surface area contributed by atoms with Crippen LogP contribution in [0.4, 0.5) is 8.78 Å². The molecule has 116 valence electrons. The Morgan fingerprint density at radius 3 is 2.81 bits per heavy atom. The summed E-state index contributed by atoms with van der Waals surface area (Å²) < 4.78 is 52.3. The second-order valence-corrected chi connectivity index (χ2v) is 6.13. The fourth-order valence-electron chi connectivity index (χ4n) is 2.12. The first-order chi connectivity index (χ1) is 9.79. The summed E-state index contributed by atoms with van der Waals surface area (Å²) in [5, 5.41) is 7.17. The normalized spacial score (nSPS) is 18.0. The van der Waals surface area contributed by atoms with Gasteiger partial charge in [-0.15, -0.1) is 0 Å². The van der Waals surface area contributed by atoms with Gasteiger partial charge in [-0.3, -0.25) is 4.79 Å². The van der Waals surface area contributed by atoms with Gasteiger partial charge in [-0.1, -0.05) is 0 Å². The summed E-state index contributed by atoms with van der Waals surface area (Å²) in [7, 11) is -3.92. The molecule has 9 heteroatoms. The number of carbonyl (C=O) groups is 1. The minimum absolute atomic E-state index is 0.154. The van der Waals surface area contributed by atoms with Crippen molar-refractivity contribution >= 4 is 15.9 Å². The molecule has 3 N–H and O–H groups in total. The largest absolute Gasteiger partial charge is 0.493 e. The molecule has 1 aromatic rings. The van der Waals surface area contributed by atoms with Crippen LogP contribution in [0.3, 0.4) is 0 Å². The minimum Gasteiger partial charge on any atom is -0.493 e. The van der Waals surface area contributed by atoms with Crippen molar-refractivity contribution in [2.24, 2.45) is 5.14 Å². The molecule has 0 aromatic heterocycles. The predicted molar refractivity (Wildman–Crippen MR) is 69.7 cm³/mol. The van der Waals surface area contributed by atoms with Gasteiger partial charge in [0.1, 0.15) is 5.75 Å². The Balaban J connectivity index is 2.31. The van der Waals surface area contributed by atoms with E-state index in [-0.39, 0.29) is 17.9 Å². The minimum atomic E-state index is -3.92. The van der Waals surface area contributed by atoms with E-state index in [0.29, 0.717) is 11.3 Å². The summed E-state index contributed by atoms with van der Waals surface area (Å²) in [6.45, 7) is -0.505. The Morgan fingerprint density at radius 2 is 2.19 bits per heavy atom. The van der Waals surface area contributed by atoms with Crippen LogP contribution in [0.25, 0.3) is 0 Å². The van der Waals surface area contributed by atoms with Crippen LogP contribution < -0.4 is 15.2 Å². The molecule has 0 fully saturated rings. The molecule has 1 atom stereocenters. The number of primary sulfonamides is 1. The second kappa shape index (κ2) is 5.94. The molecule has 1 amide bonds.